The zero-order chi connectivity index (χ0) is 9.59. The molecule has 0 heterocycles. The maximum Gasteiger partial charge on any atom is 0.168 e. The van der Waals surface area contributed by atoms with E-state index >= 15 is 0 Å². The zero-order valence-corrected chi connectivity index (χ0v) is 7.42. The van der Waals surface area contributed by atoms with Crippen LogP contribution in [0, 0.1) is 6.92 Å². The van der Waals surface area contributed by atoms with Crippen molar-refractivity contribution in [3.63, 3.8) is 0 Å². The Morgan fingerprint density at radius 1 is 1.38 bits per heavy atom. The molecule has 0 spiro atoms. The molecule has 0 atom stereocenters. The van der Waals surface area contributed by atoms with Gasteiger partial charge in [-0.05, 0) is 24.1 Å². The Balaban J connectivity index is 2.81. The molecule has 1 aliphatic rings. The third-order valence-corrected chi connectivity index (χ3v) is 2.40. The third kappa shape index (κ3) is 0.985. The summed E-state index contributed by atoms with van der Waals surface area (Å²) < 4.78 is 0. The molecule has 1 N–H and O–H groups in total. The fourth-order valence-corrected chi connectivity index (χ4v) is 1.78. The molecule has 1 aromatic rings. The number of ketones is 1. The van der Waals surface area contributed by atoms with Crippen LogP contribution in [0.15, 0.2) is 18.7 Å². The molecular weight excluding hydrogens is 164 g/mol. The van der Waals surface area contributed by atoms with Gasteiger partial charge in [0.2, 0.25) is 0 Å². The smallest absolute Gasteiger partial charge is 0.168 e. The van der Waals surface area contributed by atoms with E-state index < -0.39 is 0 Å². The van der Waals surface area contributed by atoms with Crippen molar-refractivity contribution in [2.24, 2.45) is 0 Å². The number of Topliss-reactive ketones (excluding diaryl/α,β-unsaturated/α-hetero) is 1. The second-order valence-electron chi connectivity index (χ2n) is 3.36. The van der Waals surface area contributed by atoms with E-state index in [4.69, 9.17) is 0 Å². The van der Waals surface area contributed by atoms with Crippen LogP contribution in [0.25, 0.3) is 5.57 Å². The van der Waals surface area contributed by atoms with E-state index in [1.54, 1.807) is 12.1 Å². The predicted octanol–water partition coefficient (Wildman–Crippen LogP) is 2.30. The van der Waals surface area contributed by atoms with Gasteiger partial charge >= 0.3 is 0 Å². The molecule has 1 aromatic carbocycles. The average Bonchev–Trinajstić information content (AvgIpc) is 2.36. The van der Waals surface area contributed by atoms with Crippen LogP contribution in [-0.2, 0) is 0 Å². The number of allylic oxidation sites excluding steroid dienone is 1. The summed E-state index contributed by atoms with van der Waals surface area (Å²) in [5, 5.41) is 9.53. The molecule has 13 heavy (non-hydrogen) atoms. The van der Waals surface area contributed by atoms with Crippen molar-refractivity contribution in [2.75, 3.05) is 0 Å². The number of carbonyl (C=O) groups is 1. The summed E-state index contributed by atoms with van der Waals surface area (Å²) in [5.41, 5.74) is 2.92. The van der Waals surface area contributed by atoms with Crippen molar-refractivity contribution in [2.45, 2.75) is 13.3 Å². The molecular formula is C11H10O2. The van der Waals surface area contributed by atoms with Crippen LogP contribution in [0.1, 0.15) is 27.9 Å². The molecule has 0 amide bonds. The first kappa shape index (κ1) is 8.05. The Morgan fingerprint density at radius 3 is 2.69 bits per heavy atom. The lowest BCUT2D eigenvalue weighted by atomic mass is 10.0. The average molecular weight is 174 g/mol. The Hall–Kier alpha value is -1.57. The largest absolute Gasteiger partial charge is 0.507 e. The first-order chi connectivity index (χ1) is 6.11. The molecule has 0 radical (unpaired) electrons. The number of rotatable bonds is 0. The second kappa shape index (κ2) is 2.46. The van der Waals surface area contributed by atoms with Gasteiger partial charge in [-0.2, -0.15) is 0 Å². The first-order valence-corrected chi connectivity index (χ1v) is 4.15. The van der Waals surface area contributed by atoms with Crippen LogP contribution in [0.2, 0.25) is 0 Å². The molecule has 2 nitrogen and oxygen atoms in total. The predicted molar refractivity (Wildman–Crippen MR) is 50.8 cm³/mol. The van der Waals surface area contributed by atoms with E-state index in [1.807, 2.05) is 6.92 Å². The number of phenols is 1. The topological polar surface area (TPSA) is 37.3 Å². The van der Waals surface area contributed by atoms with Crippen LogP contribution < -0.4 is 0 Å². The highest BCUT2D eigenvalue weighted by Gasteiger charge is 2.27. The highest BCUT2D eigenvalue weighted by atomic mass is 16.3. The number of hydrogen-bond donors (Lipinski definition) is 1. The summed E-state index contributed by atoms with van der Waals surface area (Å²) >= 11 is 0. The Kier molecular flexibility index (Phi) is 1.52. The SMILES string of the molecule is C=C1CC(=O)c2c(C)ccc(O)c21. The summed E-state index contributed by atoms with van der Waals surface area (Å²) in [5.74, 6) is 0.227. The van der Waals surface area contributed by atoms with Crippen molar-refractivity contribution < 1.29 is 9.90 Å². The molecule has 0 saturated carbocycles. The maximum absolute atomic E-state index is 11.5. The maximum atomic E-state index is 11.5. The number of phenolic OH excluding ortho intramolecular Hbond substituents is 1. The molecule has 0 fully saturated rings. The van der Waals surface area contributed by atoms with Crippen molar-refractivity contribution in [1.82, 2.24) is 0 Å². The highest BCUT2D eigenvalue weighted by Crippen LogP contribution is 2.38. The van der Waals surface area contributed by atoms with Crippen molar-refractivity contribution in [3.8, 4) is 5.75 Å². The van der Waals surface area contributed by atoms with Gasteiger partial charge in [0, 0.05) is 17.5 Å². The van der Waals surface area contributed by atoms with Gasteiger partial charge in [0.25, 0.3) is 0 Å². The first-order valence-electron chi connectivity index (χ1n) is 4.15. The minimum absolute atomic E-state index is 0.0633. The van der Waals surface area contributed by atoms with Gasteiger partial charge < -0.3 is 5.11 Å². The van der Waals surface area contributed by atoms with Crippen LogP contribution in [0.4, 0.5) is 0 Å². The minimum atomic E-state index is 0.0633. The number of fused-ring (bicyclic) bond motifs is 1. The molecule has 2 rings (SSSR count). The van der Waals surface area contributed by atoms with Crippen molar-refractivity contribution in [3.05, 3.63) is 35.4 Å². The van der Waals surface area contributed by atoms with Crippen molar-refractivity contribution in [1.29, 1.82) is 0 Å². The van der Waals surface area contributed by atoms with E-state index in [9.17, 15) is 9.90 Å². The van der Waals surface area contributed by atoms with E-state index in [1.165, 1.54) is 0 Å². The van der Waals surface area contributed by atoms with E-state index in [2.05, 4.69) is 6.58 Å². The van der Waals surface area contributed by atoms with Gasteiger partial charge in [-0.25, -0.2) is 0 Å². The van der Waals surface area contributed by atoms with Gasteiger partial charge in [-0.1, -0.05) is 12.6 Å². The molecule has 2 heteroatoms. The monoisotopic (exact) mass is 174 g/mol. The van der Waals surface area contributed by atoms with Crippen molar-refractivity contribution >= 4 is 11.4 Å². The number of aromatic hydroxyl groups is 1. The molecule has 66 valence electrons. The number of hydrogen-bond acceptors (Lipinski definition) is 2. The van der Waals surface area contributed by atoms with Crippen LogP contribution in [-0.4, -0.2) is 10.9 Å². The van der Waals surface area contributed by atoms with Crippen LogP contribution in [0.5, 0.6) is 5.75 Å². The Labute approximate surface area is 76.5 Å². The molecule has 0 aliphatic heterocycles. The van der Waals surface area contributed by atoms with Gasteiger partial charge in [0.1, 0.15) is 5.75 Å². The fraction of sp³-hybridized carbons (Fsp3) is 0.182. The number of carbonyl (C=O) groups excluding carboxylic acids is 1. The normalized spacial score (nSPS) is 14.8. The molecule has 0 aromatic heterocycles. The van der Waals surface area contributed by atoms with Gasteiger partial charge in [0.15, 0.2) is 5.78 Å². The van der Waals surface area contributed by atoms with E-state index in [0.717, 1.165) is 11.1 Å². The molecule has 0 saturated heterocycles. The lowest BCUT2D eigenvalue weighted by molar-refractivity contribution is 0.100. The molecule has 1 aliphatic carbocycles. The third-order valence-electron chi connectivity index (χ3n) is 2.40. The second-order valence-corrected chi connectivity index (χ2v) is 3.36. The molecule has 0 unspecified atom stereocenters. The van der Waals surface area contributed by atoms with E-state index in [0.29, 0.717) is 17.5 Å². The number of benzene rings is 1. The lowest BCUT2D eigenvalue weighted by Crippen LogP contribution is -1.94. The summed E-state index contributed by atoms with van der Waals surface area (Å²) in [6, 6.07) is 3.36. The summed E-state index contributed by atoms with van der Waals surface area (Å²) in [6.07, 6.45) is 0.341. The summed E-state index contributed by atoms with van der Waals surface area (Å²) in [4.78, 5) is 11.5. The Morgan fingerprint density at radius 2 is 2.08 bits per heavy atom. The van der Waals surface area contributed by atoms with Crippen LogP contribution >= 0.6 is 0 Å². The summed E-state index contributed by atoms with van der Waals surface area (Å²) in [6.45, 7) is 5.64. The minimum Gasteiger partial charge on any atom is -0.507 e. The number of aryl methyl sites for hydroxylation is 1. The summed E-state index contributed by atoms with van der Waals surface area (Å²) in [7, 11) is 0. The van der Waals surface area contributed by atoms with Gasteiger partial charge in [-0.3, -0.25) is 4.79 Å². The highest BCUT2D eigenvalue weighted by molar-refractivity contribution is 6.13. The standard InChI is InChI=1S/C11H10O2/c1-6-3-4-8(12)11-7(2)5-9(13)10(6)11/h3-4,12H,2,5H2,1H3. The van der Waals surface area contributed by atoms with Gasteiger partial charge in [0.05, 0.1) is 0 Å². The van der Waals surface area contributed by atoms with Crippen LogP contribution in [0.3, 0.4) is 0 Å². The fourth-order valence-electron chi connectivity index (χ4n) is 1.78. The lowest BCUT2D eigenvalue weighted by Gasteiger charge is -2.04. The van der Waals surface area contributed by atoms with E-state index in [-0.39, 0.29) is 11.5 Å². The quantitative estimate of drug-likeness (QED) is 0.655. The zero-order valence-electron chi connectivity index (χ0n) is 7.42. The molecule has 0 bridgehead atoms. The van der Waals surface area contributed by atoms with Gasteiger partial charge in [-0.15, -0.1) is 0 Å². The Bertz CT molecular complexity index is 377.